The summed E-state index contributed by atoms with van der Waals surface area (Å²) in [7, 11) is 0. The van der Waals surface area contributed by atoms with E-state index in [9.17, 15) is 14.7 Å². The molecule has 4 aliphatic rings. The first-order valence-electron chi connectivity index (χ1n) is 11.9. The Morgan fingerprint density at radius 3 is 2.88 bits per heavy atom. The van der Waals surface area contributed by atoms with Crippen LogP contribution in [0.4, 0.5) is 11.4 Å². The number of phenols is 1. The van der Waals surface area contributed by atoms with Gasteiger partial charge >= 0.3 is 0 Å². The Bertz CT molecular complexity index is 1160. The summed E-state index contributed by atoms with van der Waals surface area (Å²) < 4.78 is 12.9. The third-order valence-electron chi connectivity index (χ3n) is 7.78. The second-order valence-electron chi connectivity index (χ2n) is 10.2. The number of likely N-dealkylation sites (tertiary alicyclic amines) is 1. The highest BCUT2D eigenvalue weighted by atomic mass is 16.5. The van der Waals surface area contributed by atoms with Gasteiger partial charge in [-0.05, 0) is 44.9 Å². The van der Waals surface area contributed by atoms with E-state index in [-0.39, 0.29) is 54.8 Å². The number of nitrogens with one attached hydrogen (secondary N) is 1. The molecule has 8 nitrogen and oxygen atoms in total. The molecule has 2 N–H and O–H groups in total. The highest BCUT2D eigenvalue weighted by Crippen LogP contribution is 2.54. The summed E-state index contributed by atoms with van der Waals surface area (Å²) >= 11 is 0. The van der Waals surface area contributed by atoms with Crippen molar-refractivity contribution in [2.24, 2.45) is 5.92 Å². The molecule has 8 heteroatoms. The molecule has 178 valence electrons. The normalized spacial score (nSPS) is 29.2. The van der Waals surface area contributed by atoms with Crippen molar-refractivity contribution in [2.45, 2.75) is 50.5 Å². The second-order valence-corrected chi connectivity index (χ2v) is 10.2. The summed E-state index contributed by atoms with van der Waals surface area (Å²) in [6, 6.07) is 12.9. The molecule has 0 saturated carbocycles. The lowest BCUT2D eigenvalue weighted by Gasteiger charge is -2.50. The van der Waals surface area contributed by atoms with Crippen LogP contribution in [-0.2, 0) is 14.3 Å². The van der Waals surface area contributed by atoms with E-state index in [1.807, 2.05) is 50.2 Å². The first kappa shape index (κ1) is 21.4. The molecule has 0 unspecified atom stereocenters. The van der Waals surface area contributed by atoms with Crippen molar-refractivity contribution in [3.63, 3.8) is 0 Å². The van der Waals surface area contributed by atoms with E-state index in [1.165, 1.54) is 0 Å². The van der Waals surface area contributed by atoms with E-state index in [4.69, 9.17) is 9.47 Å². The summed E-state index contributed by atoms with van der Waals surface area (Å²) in [5.74, 6) is 0.469. The maximum Gasteiger partial charge on any atom is 0.244 e. The van der Waals surface area contributed by atoms with Crippen LogP contribution in [-0.4, -0.2) is 59.2 Å². The number of nitrogens with zero attached hydrogens (tertiary/aromatic N) is 2. The molecule has 2 saturated heterocycles. The van der Waals surface area contributed by atoms with Gasteiger partial charge in [0.1, 0.15) is 12.1 Å². The highest BCUT2D eigenvalue weighted by Gasteiger charge is 2.53. The zero-order chi connectivity index (χ0) is 23.6. The number of carbonyl (C=O) groups is 2. The molecule has 0 aliphatic carbocycles. The van der Waals surface area contributed by atoms with Crippen LogP contribution in [0.3, 0.4) is 0 Å². The van der Waals surface area contributed by atoms with Crippen molar-refractivity contribution >= 4 is 23.2 Å². The molecule has 0 aromatic heterocycles. The average Bonchev–Trinajstić information content (AvgIpc) is 3.20. The van der Waals surface area contributed by atoms with Crippen LogP contribution in [0.1, 0.15) is 38.4 Å². The van der Waals surface area contributed by atoms with Gasteiger partial charge in [0.25, 0.3) is 0 Å². The molecule has 2 aromatic carbocycles. The minimum Gasteiger partial charge on any atom is -0.504 e. The first-order valence-corrected chi connectivity index (χ1v) is 11.9. The Kier molecular flexibility index (Phi) is 4.86. The minimum absolute atomic E-state index is 0.00934. The number of rotatable bonds is 2. The number of anilines is 2. The fourth-order valence-electron chi connectivity index (χ4n) is 6.08. The fourth-order valence-corrected chi connectivity index (χ4v) is 6.08. The summed E-state index contributed by atoms with van der Waals surface area (Å²) in [5, 5.41) is 13.2. The zero-order valence-corrected chi connectivity index (χ0v) is 19.4. The third kappa shape index (κ3) is 3.35. The zero-order valence-electron chi connectivity index (χ0n) is 19.4. The molecular formula is C26H29N3O5. The second kappa shape index (κ2) is 7.71. The summed E-state index contributed by atoms with van der Waals surface area (Å²) in [4.78, 5) is 29.3. The molecule has 2 amide bonds. The van der Waals surface area contributed by atoms with E-state index in [0.29, 0.717) is 11.4 Å². The molecule has 34 heavy (non-hydrogen) atoms. The Morgan fingerprint density at radius 2 is 2.03 bits per heavy atom. The van der Waals surface area contributed by atoms with Crippen molar-refractivity contribution in [1.29, 1.82) is 0 Å². The molecule has 0 spiro atoms. The Labute approximate surface area is 198 Å². The van der Waals surface area contributed by atoms with Gasteiger partial charge in [0, 0.05) is 24.1 Å². The monoisotopic (exact) mass is 463 g/mol. The average molecular weight is 464 g/mol. The quantitative estimate of drug-likeness (QED) is 0.711. The third-order valence-corrected chi connectivity index (χ3v) is 7.78. The molecule has 2 fully saturated rings. The predicted molar refractivity (Wildman–Crippen MR) is 126 cm³/mol. The maximum atomic E-state index is 13.4. The van der Waals surface area contributed by atoms with Crippen LogP contribution in [0, 0.1) is 5.92 Å². The van der Waals surface area contributed by atoms with Crippen molar-refractivity contribution in [3.8, 4) is 11.5 Å². The van der Waals surface area contributed by atoms with Gasteiger partial charge in [0.05, 0.1) is 30.1 Å². The lowest BCUT2D eigenvalue weighted by Crippen LogP contribution is -2.55. The van der Waals surface area contributed by atoms with Gasteiger partial charge in [0.15, 0.2) is 11.5 Å². The van der Waals surface area contributed by atoms with Gasteiger partial charge < -0.3 is 19.9 Å². The molecule has 6 rings (SSSR count). The van der Waals surface area contributed by atoms with Crippen LogP contribution in [0.25, 0.3) is 0 Å². The number of hydrogen-bond donors (Lipinski definition) is 2. The van der Waals surface area contributed by atoms with Gasteiger partial charge in [-0.3, -0.25) is 19.4 Å². The van der Waals surface area contributed by atoms with E-state index in [2.05, 4.69) is 10.2 Å². The van der Waals surface area contributed by atoms with Crippen LogP contribution in [0.2, 0.25) is 0 Å². The number of benzene rings is 2. The van der Waals surface area contributed by atoms with Crippen LogP contribution >= 0.6 is 0 Å². The molecule has 0 radical (unpaired) electrons. The van der Waals surface area contributed by atoms with E-state index in [1.54, 1.807) is 11.0 Å². The van der Waals surface area contributed by atoms with Crippen molar-refractivity contribution in [1.82, 2.24) is 4.90 Å². The number of hydrogen-bond acceptors (Lipinski definition) is 6. The molecule has 4 heterocycles. The molecule has 4 atom stereocenters. The van der Waals surface area contributed by atoms with E-state index >= 15 is 0 Å². The smallest absolute Gasteiger partial charge is 0.244 e. The van der Waals surface area contributed by atoms with Crippen molar-refractivity contribution in [2.75, 3.05) is 29.9 Å². The predicted octanol–water partition coefficient (Wildman–Crippen LogP) is 3.07. The fraction of sp³-hybridized carbons (Fsp3) is 0.462. The molecule has 2 aromatic rings. The van der Waals surface area contributed by atoms with E-state index < -0.39 is 5.60 Å². The van der Waals surface area contributed by atoms with E-state index in [0.717, 1.165) is 30.6 Å². The number of fused-ring (bicyclic) bond motifs is 5. The number of amides is 2. The van der Waals surface area contributed by atoms with Gasteiger partial charge in [-0.1, -0.05) is 24.3 Å². The number of ether oxygens (including phenoxy) is 2. The lowest BCUT2D eigenvalue weighted by atomic mass is 9.74. The van der Waals surface area contributed by atoms with Gasteiger partial charge in [-0.15, -0.1) is 0 Å². The summed E-state index contributed by atoms with van der Waals surface area (Å²) in [5.41, 5.74) is 1.77. The van der Waals surface area contributed by atoms with Gasteiger partial charge in [-0.2, -0.15) is 0 Å². The minimum atomic E-state index is -0.524. The number of carbonyl (C=O) groups excluding carboxylic acids is 2. The standard InChI is InChI=1S/C26H29N3O5/c1-26(2)16-12-19-21(33-24(16)15-6-5-9-20(30)25(15)34-26)10-11-28(19)14-23(32)29-13-22(31)27-17-7-3-4-8-18(17)29/h3-9,16,19,21,24,30H,10-14H2,1-2H3,(H,27,31)/t16-,19-,21-,24+/m1/s1. The Balaban J connectivity index is 1.23. The molecular weight excluding hydrogens is 434 g/mol. The molecule has 4 aliphatic heterocycles. The number of phenolic OH excluding ortho intramolecular Hbond substituents is 1. The maximum absolute atomic E-state index is 13.4. The summed E-state index contributed by atoms with van der Waals surface area (Å²) in [6.07, 6.45) is 1.53. The SMILES string of the molecule is CC1(C)Oc2c(O)cccc2[C@@H]2O[C@@H]3CCN(CC(=O)N4CC(=O)Nc5ccccc54)[C@@H]3C[C@H]21. The summed E-state index contributed by atoms with van der Waals surface area (Å²) in [6.45, 7) is 5.10. The Hall–Kier alpha value is -3.10. The van der Waals surface area contributed by atoms with Gasteiger partial charge in [-0.25, -0.2) is 0 Å². The number of para-hydroxylation sites is 3. The highest BCUT2D eigenvalue weighted by molar-refractivity contribution is 6.10. The van der Waals surface area contributed by atoms with Crippen LogP contribution in [0.15, 0.2) is 42.5 Å². The lowest BCUT2D eigenvalue weighted by molar-refractivity contribution is -0.163. The first-order chi connectivity index (χ1) is 16.3. The Morgan fingerprint density at radius 1 is 1.21 bits per heavy atom. The van der Waals surface area contributed by atoms with Crippen LogP contribution < -0.4 is 15.0 Å². The van der Waals surface area contributed by atoms with Crippen LogP contribution in [0.5, 0.6) is 11.5 Å². The topological polar surface area (TPSA) is 91.3 Å². The van der Waals surface area contributed by atoms with Gasteiger partial charge in [0.2, 0.25) is 11.8 Å². The number of aromatic hydroxyl groups is 1. The van der Waals surface area contributed by atoms with Crippen molar-refractivity contribution < 1.29 is 24.2 Å². The largest absolute Gasteiger partial charge is 0.504 e. The molecule has 0 bridgehead atoms. The van der Waals surface area contributed by atoms with Crippen molar-refractivity contribution in [3.05, 3.63) is 48.0 Å².